The number of aliphatic hydroxyl groups is 3. The van der Waals surface area contributed by atoms with Gasteiger partial charge in [0.2, 0.25) is 0 Å². The van der Waals surface area contributed by atoms with Gasteiger partial charge in [0.1, 0.15) is 43.4 Å². The van der Waals surface area contributed by atoms with Crippen LogP contribution in [-0.2, 0) is 20.8 Å². The number of methoxy groups -OCH3 is 1. The summed E-state index contributed by atoms with van der Waals surface area (Å²) in [6.07, 6.45) is -6.45. The molecule has 2 aromatic carbocycles. The van der Waals surface area contributed by atoms with Crippen LogP contribution in [-0.4, -0.2) is 65.7 Å². The molecule has 3 rings (SSSR count). The zero-order valence-electron chi connectivity index (χ0n) is 15.9. The third kappa shape index (κ3) is 5.31. The molecule has 0 amide bonds. The van der Waals surface area contributed by atoms with Crippen molar-refractivity contribution in [2.45, 2.75) is 37.3 Å². The van der Waals surface area contributed by atoms with Crippen LogP contribution in [0.2, 0.25) is 0 Å². The molecule has 1 fully saturated rings. The molecule has 156 valence electrons. The van der Waals surface area contributed by atoms with Gasteiger partial charge in [0.15, 0.2) is 6.29 Å². The lowest BCUT2D eigenvalue weighted by molar-refractivity contribution is -0.294. The van der Waals surface area contributed by atoms with Crippen molar-refractivity contribution in [1.29, 1.82) is 0 Å². The Labute approximate surface area is 168 Å². The molecule has 8 nitrogen and oxygen atoms in total. The third-order valence-electron chi connectivity index (χ3n) is 4.62. The normalized spacial score (nSPS) is 26.7. The molecule has 3 N–H and O–H groups in total. The summed E-state index contributed by atoms with van der Waals surface area (Å²) < 4.78 is 21.1. The molecule has 0 bridgehead atoms. The molecular formula is C21H24O8. The Morgan fingerprint density at radius 3 is 2.31 bits per heavy atom. The van der Waals surface area contributed by atoms with Crippen molar-refractivity contribution < 1.29 is 39.1 Å². The second kappa shape index (κ2) is 9.82. The first-order chi connectivity index (χ1) is 14.0. The van der Waals surface area contributed by atoms with E-state index in [1.807, 2.05) is 30.3 Å². The maximum atomic E-state index is 12.2. The highest BCUT2D eigenvalue weighted by Gasteiger charge is 2.44. The highest BCUT2D eigenvalue weighted by atomic mass is 16.7. The predicted octanol–water partition coefficient (Wildman–Crippen LogP) is 0.876. The summed E-state index contributed by atoms with van der Waals surface area (Å²) in [5, 5.41) is 29.6. The lowest BCUT2D eigenvalue weighted by Crippen LogP contribution is -2.59. The van der Waals surface area contributed by atoms with Gasteiger partial charge in [-0.3, -0.25) is 0 Å². The van der Waals surface area contributed by atoms with Gasteiger partial charge in [0.05, 0.1) is 5.56 Å². The van der Waals surface area contributed by atoms with Crippen molar-refractivity contribution in [2.75, 3.05) is 13.7 Å². The average molecular weight is 404 g/mol. The Bertz CT molecular complexity index is 777. The highest BCUT2D eigenvalue weighted by molar-refractivity contribution is 5.89. The molecule has 0 unspecified atom stereocenters. The van der Waals surface area contributed by atoms with Gasteiger partial charge in [-0.1, -0.05) is 30.3 Å². The van der Waals surface area contributed by atoms with Crippen LogP contribution in [0.1, 0.15) is 15.9 Å². The Balaban J connectivity index is 1.51. The van der Waals surface area contributed by atoms with Crippen molar-refractivity contribution in [3.63, 3.8) is 0 Å². The molecular weight excluding hydrogens is 380 g/mol. The van der Waals surface area contributed by atoms with Gasteiger partial charge in [0, 0.05) is 7.11 Å². The highest BCUT2D eigenvalue weighted by Crippen LogP contribution is 2.22. The summed E-state index contributed by atoms with van der Waals surface area (Å²) in [6.45, 7) is 0.103. The van der Waals surface area contributed by atoms with E-state index in [0.29, 0.717) is 17.9 Å². The molecule has 1 aliphatic rings. The van der Waals surface area contributed by atoms with Crippen molar-refractivity contribution in [2.24, 2.45) is 0 Å². The topological polar surface area (TPSA) is 115 Å². The Hall–Kier alpha value is -2.49. The number of ether oxygens (including phenoxy) is 4. The monoisotopic (exact) mass is 404 g/mol. The summed E-state index contributed by atoms with van der Waals surface area (Å²) in [7, 11) is 1.29. The first-order valence-corrected chi connectivity index (χ1v) is 9.16. The molecule has 0 radical (unpaired) electrons. The molecule has 0 saturated carbocycles. The van der Waals surface area contributed by atoms with E-state index in [-0.39, 0.29) is 6.61 Å². The van der Waals surface area contributed by atoms with E-state index in [0.717, 1.165) is 5.56 Å². The van der Waals surface area contributed by atoms with E-state index in [9.17, 15) is 20.1 Å². The molecule has 29 heavy (non-hydrogen) atoms. The minimum Gasteiger partial charge on any atom is -0.489 e. The van der Waals surface area contributed by atoms with Crippen LogP contribution in [0, 0.1) is 0 Å². The molecule has 0 aliphatic carbocycles. The first kappa shape index (κ1) is 21.2. The van der Waals surface area contributed by atoms with Crippen LogP contribution in [0.15, 0.2) is 54.6 Å². The number of carbonyl (C=O) groups is 1. The number of esters is 1. The van der Waals surface area contributed by atoms with Crippen LogP contribution >= 0.6 is 0 Å². The van der Waals surface area contributed by atoms with E-state index in [4.69, 9.17) is 18.9 Å². The SMILES string of the molecule is CO[C@H]1O[C@H](COC(=O)c2ccc(OCc3ccccc3)cc2)[C@H](O)[C@H](O)[C@H]1O. The Morgan fingerprint density at radius 1 is 0.966 bits per heavy atom. The number of carbonyl (C=O) groups excluding carboxylic acids is 1. The van der Waals surface area contributed by atoms with E-state index in [1.54, 1.807) is 24.3 Å². The Morgan fingerprint density at radius 2 is 1.66 bits per heavy atom. The molecule has 0 spiro atoms. The van der Waals surface area contributed by atoms with Crippen LogP contribution in [0.5, 0.6) is 5.75 Å². The van der Waals surface area contributed by atoms with Crippen LogP contribution in [0.3, 0.4) is 0 Å². The minimum absolute atomic E-state index is 0.297. The number of aliphatic hydroxyl groups excluding tert-OH is 3. The number of hydrogen-bond acceptors (Lipinski definition) is 8. The van der Waals surface area contributed by atoms with Gasteiger partial charge in [-0.15, -0.1) is 0 Å². The summed E-state index contributed by atoms with van der Waals surface area (Å²) in [5.41, 5.74) is 1.33. The minimum atomic E-state index is -1.47. The number of hydrogen-bond donors (Lipinski definition) is 3. The van der Waals surface area contributed by atoms with E-state index in [1.165, 1.54) is 7.11 Å². The molecule has 1 heterocycles. The molecule has 1 aliphatic heterocycles. The second-order valence-corrected chi connectivity index (χ2v) is 6.65. The van der Waals surface area contributed by atoms with Crippen molar-refractivity contribution in [1.82, 2.24) is 0 Å². The third-order valence-corrected chi connectivity index (χ3v) is 4.62. The van der Waals surface area contributed by atoms with Gasteiger partial charge < -0.3 is 34.3 Å². The van der Waals surface area contributed by atoms with E-state index in [2.05, 4.69) is 0 Å². The van der Waals surface area contributed by atoms with E-state index < -0.39 is 36.7 Å². The lowest BCUT2D eigenvalue weighted by atomic mass is 9.99. The molecule has 2 aromatic rings. The standard InChI is InChI=1S/C21H24O8/c1-26-21-19(24)18(23)17(22)16(29-21)12-28-20(25)14-7-9-15(10-8-14)27-11-13-5-3-2-4-6-13/h2-10,16-19,21-24H,11-12H2,1H3/t16-,17+,18+,19-,21+/m1/s1. The molecule has 0 aromatic heterocycles. The van der Waals surface area contributed by atoms with Gasteiger partial charge in [-0.05, 0) is 29.8 Å². The van der Waals surface area contributed by atoms with Gasteiger partial charge >= 0.3 is 5.97 Å². The van der Waals surface area contributed by atoms with Crippen molar-refractivity contribution >= 4 is 5.97 Å². The molecule has 5 atom stereocenters. The largest absolute Gasteiger partial charge is 0.489 e. The molecule has 1 saturated heterocycles. The van der Waals surface area contributed by atoms with Crippen LogP contribution < -0.4 is 4.74 Å². The zero-order chi connectivity index (χ0) is 20.8. The maximum absolute atomic E-state index is 12.2. The first-order valence-electron chi connectivity index (χ1n) is 9.16. The van der Waals surface area contributed by atoms with E-state index >= 15 is 0 Å². The quantitative estimate of drug-likeness (QED) is 0.583. The smallest absolute Gasteiger partial charge is 0.338 e. The fraction of sp³-hybridized carbons (Fsp3) is 0.381. The van der Waals surface area contributed by atoms with Crippen LogP contribution in [0.4, 0.5) is 0 Å². The summed E-state index contributed by atoms with van der Waals surface area (Å²) in [4.78, 5) is 12.2. The fourth-order valence-electron chi connectivity index (χ4n) is 2.92. The van der Waals surface area contributed by atoms with Gasteiger partial charge in [-0.2, -0.15) is 0 Å². The summed E-state index contributed by atoms with van der Waals surface area (Å²) in [5.74, 6) is -0.0125. The summed E-state index contributed by atoms with van der Waals surface area (Å²) >= 11 is 0. The van der Waals surface area contributed by atoms with Crippen LogP contribution in [0.25, 0.3) is 0 Å². The number of rotatable bonds is 7. The summed E-state index contributed by atoms with van der Waals surface area (Å²) in [6, 6.07) is 16.2. The van der Waals surface area contributed by atoms with Crippen molar-refractivity contribution in [3.05, 3.63) is 65.7 Å². The zero-order valence-corrected chi connectivity index (χ0v) is 15.9. The fourth-order valence-corrected chi connectivity index (χ4v) is 2.92. The molecule has 8 heteroatoms. The van der Waals surface area contributed by atoms with Gasteiger partial charge in [-0.25, -0.2) is 4.79 Å². The second-order valence-electron chi connectivity index (χ2n) is 6.65. The Kier molecular flexibility index (Phi) is 7.18. The predicted molar refractivity (Wildman–Crippen MR) is 101 cm³/mol. The van der Waals surface area contributed by atoms with Crippen molar-refractivity contribution in [3.8, 4) is 5.75 Å². The lowest BCUT2D eigenvalue weighted by Gasteiger charge is -2.39. The van der Waals surface area contributed by atoms with Gasteiger partial charge in [0.25, 0.3) is 0 Å². The maximum Gasteiger partial charge on any atom is 0.338 e. The average Bonchev–Trinajstić information content (AvgIpc) is 2.76. The number of benzene rings is 2.